The smallest absolute Gasteiger partial charge is 0.0928 e. The van der Waals surface area contributed by atoms with Crippen LogP contribution in [0, 0.1) is 0 Å². The second kappa shape index (κ2) is 8.22. The highest BCUT2D eigenvalue weighted by atomic mass is 16.5. The van der Waals surface area contributed by atoms with Crippen molar-refractivity contribution in [3.8, 4) is 0 Å². The maximum atomic E-state index is 6.26. The number of hydrogen-bond donors (Lipinski definition) is 2. The first-order chi connectivity index (χ1) is 11.7. The average Bonchev–Trinajstić information content (AvgIpc) is 2.64. The molecule has 0 saturated heterocycles. The van der Waals surface area contributed by atoms with Crippen LogP contribution < -0.4 is 11.5 Å². The number of benzene rings is 2. The Morgan fingerprint density at radius 1 is 0.625 bits per heavy atom. The molecule has 4 nitrogen and oxygen atoms in total. The Bertz CT molecular complexity index is 588. The summed E-state index contributed by atoms with van der Waals surface area (Å²) in [4.78, 5) is 0. The van der Waals surface area contributed by atoms with Gasteiger partial charge in [0.05, 0.1) is 37.5 Å². The van der Waals surface area contributed by atoms with E-state index < -0.39 is 0 Å². The van der Waals surface area contributed by atoms with Gasteiger partial charge in [-0.1, -0.05) is 72.8 Å². The SMILES string of the molecule is N[C@@H]1[C@@H](N)[C@H](OCc2ccccc2)C=C[C@H]1OCc1ccccc1. The topological polar surface area (TPSA) is 70.5 Å². The zero-order valence-corrected chi connectivity index (χ0v) is 13.6. The minimum Gasteiger partial charge on any atom is -0.368 e. The first-order valence-corrected chi connectivity index (χ1v) is 8.24. The highest BCUT2D eigenvalue weighted by Crippen LogP contribution is 2.18. The van der Waals surface area contributed by atoms with E-state index >= 15 is 0 Å². The van der Waals surface area contributed by atoms with Crippen molar-refractivity contribution < 1.29 is 9.47 Å². The van der Waals surface area contributed by atoms with Crippen LogP contribution in [0.15, 0.2) is 72.8 Å². The number of hydrogen-bond acceptors (Lipinski definition) is 4. The van der Waals surface area contributed by atoms with Gasteiger partial charge in [0.25, 0.3) is 0 Å². The Balaban J connectivity index is 1.54. The van der Waals surface area contributed by atoms with Crippen LogP contribution in [0.2, 0.25) is 0 Å². The standard InChI is InChI=1S/C20H24N2O2/c21-19-17(23-13-15-7-3-1-4-8-15)11-12-18(20(19)22)24-14-16-9-5-2-6-10-16/h1-12,17-20H,13-14,21-22H2/t17-,18-,19+,20+/m1/s1. The predicted octanol–water partition coefficient (Wildman–Crippen LogP) is 2.38. The van der Waals surface area contributed by atoms with Crippen LogP contribution in [0.4, 0.5) is 0 Å². The molecule has 24 heavy (non-hydrogen) atoms. The Hall–Kier alpha value is -1.98. The van der Waals surface area contributed by atoms with Gasteiger partial charge in [-0.2, -0.15) is 0 Å². The van der Waals surface area contributed by atoms with Gasteiger partial charge < -0.3 is 20.9 Å². The van der Waals surface area contributed by atoms with Crippen LogP contribution in [-0.4, -0.2) is 24.3 Å². The van der Waals surface area contributed by atoms with Gasteiger partial charge in [0.2, 0.25) is 0 Å². The zero-order valence-electron chi connectivity index (χ0n) is 13.6. The molecule has 0 aliphatic heterocycles. The van der Waals surface area contributed by atoms with Crippen molar-refractivity contribution in [2.45, 2.75) is 37.5 Å². The van der Waals surface area contributed by atoms with Crippen LogP contribution in [0.5, 0.6) is 0 Å². The summed E-state index contributed by atoms with van der Waals surface area (Å²) in [5.74, 6) is 0. The molecular formula is C20H24N2O2. The van der Waals surface area contributed by atoms with E-state index in [1.54, 1.807) is 0 Å². The van der Waals surface area contributed by atoms with Gasteiger partial charge in [-0.15, -0.1) is 0 Å². The van der Waals surface area contributed by atoms with Crippen LogP contribution in [0.3, 0.4) is 0 Å². The van der Waals surface area contributed by atoms with Gasteiger partial charge >= 0.3 is 0 Å². The van der Waals surface area contributed by atoms with E-state index in [9.17, 15) is 0 Å². The lowest BCUT2D eigenvalue weighted by Crippen LogP contribution is -2.57. The molecule has 0 unspecified atom stereocenters. The fourth-order valence-electron chi connectivity index (χ4n) is 2.78. The van der Waals surface area contributed by atoms with Crippen molar-refractivity contribution in [3.05, 3.63) is 83.9 Å². The van der Waals surface area contributed by atoms with E-state index in [1.165, 1.54) is 0 Å². The fraction of sp³-hybridized carbons (Fsp3) is 0.300. The molecule has 3 rings (SSSR count). The molecule has 0 spiro atoms. The summed E-state index contributed by atoms with van der Waals surface area (Å²) < 4.78 is 11.8. The fourth-order valence-corrected chi connectivity index (χ4v) is 2.78. The van der Waals surface area contributed by atoms with E-state index in [-0.39, 0.29) is 24.3 Å². The first kappa shape index (κ1) is 16.9. The van der Waals surface area contributed by atoms with Crippen molar-refractivity contribution in [1.29, 1.82) is 0 Å². The quantitative estimate of drug-likeness (QED) is 0.801. The van der Waals surface area contributed by atoms with Crippen molar-refractivity contribution >= 4 is 0 Å². The molecule has 126 valence electrons. The van der Waals surface area contributed by atoms with E-state index in [4.69, 9.17) is 20.9 Å². The maximum Gasteiger partial charge on any atom is 0.0928 e. The molecule has 2 aromatic rings. The average molecular weight is 324 g/mol. The molecule has 4 atom stereocenters. The minimum absolute atomic E-state index is 0.197. The molecule has 1 aliphatic carbocycles. The number of nitrogens with two attached hydrogens (primary N) is 2. The molecule has 4 heteroatoms. The van der Waals surface area contributed by atoms with Crippen LogP contribution >= 0.6 is 0 Å². The molecule has 0 radical (unpaired) electrons. The van der Waals surface area contributed by atoms with Crippen LogP contribution in [-0.2, 0) is 22.7 Å². The second-order valence-corrected chi connectivity index (χ2v) is 6.06. The number of rotatable bonds is 6. The largest absolute Gasteiger partial charge is 0.368 e. The third-order valence-corrected chi connectivity index (χ3v) is 4.26. The summed E-state index contributed by atoms with van der Waals surface area (Å²) in [6.07, 6.45) is 3.53. The van der Waals surface area contributed by atoms with Gasteiger partial charge in [-0.05, 0) is 11.1 Å². The van der Waals surface area contributed by atoms with Gasteiger partial charge in [0.15, 0.2) is 0 Å². The maximum absolute atomic E-state index is 6.26. The lowest BCUT2D eigenvalue weighted by atomic mass is 9.92. The first-order valence-electron chi connectivity index (χ1n) is 8.24. The van der Waals surface area contributed by atoms with Crippen molar-refractivity contribution in [3.63, 3.8) is 0 Å². The normalized spacial score (nSPS) is 26.4. The Kier molecular flexibility index (Phi) is 5.77. The monoisotopic (exact) mass is 324 g/mol. The van der Waals surface area contributed by atoms with E-state index in [0.717, 1.165) is 11.1 Å². The van der Waals surface area contributed by atoms with Gasteiger partial charge in [-0.3, -0.25) is 0 Å². The van der Waals surface area contributed by atoms with Gasteiger partial charge in [0.1, 0.15) is 0 Å². The molecule has 0 aromatic heterocycles. The third kappa shape index (κ3) is 4.30. The molecule has 1 aliphatic rings. The summed E-state index contributed by atoms with van der Waals surface area (Å²) in [7, 11) is 0. The summed E-state index contributed by atoms with van der Waals surface area (Å²) >= 11 is 0. The lowest BCUT2D eigenvalue weighted by molar-refractivity contribution is -0.000477. The molecule has 0 saturated carbocycles. The summed E-state index contributed by atoms with van der Waals surface area (Å²) in [5, 5.41) is 0. The molecule has 0 fully saturated rings. The summed E-state index contributed by atoms with van der Waals surface area (Å²) in [6.45, 7) is 1.04. The Morgan fingerprint density at radius 2 is 1.00 bits per heavy atom. The van der Waals surface area contributed by atoms with Crippen LogP contribution in [0.1, 0.15) is 11.1 Å². The highest BCUT2D eigenvalue weighted by molar-refractivity contribution is 5.17. The molecule has 2 aromatic carbocycles. The second-order valence-electron chi connectivity index (χ2n) is 6.06. The lowest BCUT2D eigenvalue weighted by Gasteiger charge is -2.35. The predicted molar refractivity (Wildman–Crippen MR) is 95.1 cm³/mol. The van der Waals surface area contributed by atoms with E-state index in [1.807, 2.05) is 72.8 Å². The van der Waals surface area contributed by atoms with E-state index in [2.05, 4.69) is 0 Å². The van der Waals surface area contributed by atoms with Crippen LogP contribution in [0.25, 0.3) is 0 Å². The highest BCUT2D eigenvalue weighted by Gasteiger charge is 2.32. The Morgan fingerprint density at radius 3 is 1.38 bits per heavy atom. The van der Waals surface area contributed by atoms with Crippen molar-refractivity contribution in [1.82, 2.24) is 0 Å². The zero-order chi connectivity index (χ0) is 16.8. The minimum atomic E-state index is -0.292. The van der Waals surface area contributed by atoms with Crippen molar-refractivity contribution in [2.24, 2.45) is 11.5 Å². The van der Waals surface area contributed by atoms with Gasteiger partial charge in [0, 0.05) is 0 Å². The molecule has 4 N–H and O–H groups in total. The molecule has 0 bridgehead atoms. The number of ether oxygens (including phenoxy) is 2. The summed E-state index contributed by atoms with van der Waals surface area (Å²) in [5.41, 5.74) is 14.8. The van der Waals surface area contributed by atoms with Crippen molar-refractivity contribution in [2.75, 3.05) is 0 Å². The Labute approximate surface area is 143 Å². The van der Waals surface area contributed by atoms with Gasteiger partial charge in [-0.25, -0.2) is 0 Å². The van der Waals surface area contributed by atoms with E-state index in [0.29, 0.717) is 13.2 Å². The summed E-state index contributed by atoms with van der Waals surface area (Å²) in [6, 6.07) is 19.5. The molecule has 0 amide bonds. The third-order valence-electron chi connectivity index (χ3n) is 4.26. The molecular weight excluding hydrogens is 300 g/mol. The molecule has 0 heterocycles.